The quantitative estimate of drug-likeness (QED) is 0.306. The molecule has 1 atom stereocenters. The van der Waals surface area contributed by atoms with Gasteiger partial charge in [0, 0.05) is 22.9 Å². The average molecular weight is 371 g/mol. The van der Waals surface area contributed by atoms with Crippen LogP contribution in [0.5, 0.6) is 5.75 Å². The van der Waals surface area contributed by atoms with Crippen LogP contribution in [0.2, 0.25) is 0 Å². The third kappa shape index (κ3) is 3.62. The van der Waals surface area contributed by atoms with Crippen molar-refractivity contribution in [2.24, 2.45) is 0 Å². The Balaban J connectivity index is 1.81. The fourth-order valence-electron chi connectivity index (χ4n) is 2.41. The lowest BCUT2D eigenvalue weighted by Crippen LogP contribution is -2.12. The molecular formula is C17H17N5O3S. The predicted octanol–water partition coefficient (Wildman–Crippen LogP) is 3.43. The number of nitrogen functional groups attached to an aromatic ring is 1. The Morgan fingerprint density at radius 1 is 1.23 bits per heavy atom. The Bertz CT molecular complexity index is 926. The highest BCUT2D eigenvalue weighted by Crippen LogP contribution is 2.35. The van der Waals surface area contributed by atoms with Gasteiger partial charge in [0.2, 0.25) is 5.16 Å². The number of non-ortho nitro benzene ring substituents is 1. The SMILES string of the molecule is COc1ccc(-c2nnc(SC(C)c3cccc([N+](=O)[O-])c3)n2N)cc1. The van der Waals surface area contributed by atoms with E-state index in [0.29, 0.717) is 11.0 Å². The number of nitro benzene ring substituents is 1. The van der Waals surface area contributed by atoms with Gasteiger partial charge in [-0.15, -0.1) is 10.2 Å². The molecule has 1 aromatic heterocycles. The second-order valence-corrected chi connectivity index (χ2v) is 6.82. The van der Waals surface area contributed by atoms with Crippen LogP contribution in [0, 0.1) is 10.1 Å². The molecule has 2 aromatic carbocycles. The van der Waals surface area contributed by atoms with E-state index in [1.54, 1.807) is 19.2 Å². The van der Waals surface area contributed by atoms with Gasteiger partial charge in [0.15, 0.2) is 5.82 Å². The van der Waals surface area contributed by atoms with Crippen LogP contribution in [0.3, 0.4) is 0 Å². The fourth-order valence-corrected chi connectivity index (χ4v) is 3.30. The number of hydrogen-bond acceptors (Lipinski definition) is 7. The zero-order valence-corrected chi connectivity index (χ0v) is 15.0. The highest BCUT2D eigenvalue weighted by atomic mass is 32.2. The number of benzene rings is 2. The van der Waals surface area contributed by atoms with Crippen molar-refractivity contribution < 1.29 is 9.66 Å². The molecule has 0 bridgehead atoms. The number of nitrogens with two attached hydrogens (primary N) is 1. The summed E-state index contributed by atoms with van der Waals surface area (Å²) in [4.78, 5) is 10.5. The van der Waals surface area contributed by atoms with E-state index in [1.807, 2.05) is 37.3 Å². The van der Waals surface area contributed by atoms with Gasteiger partial charge < -0.3 is 10.6 Å². The minimum absolute atomic E-state index is 0.0584. The van der Waals surface area contributed by atoms with Crippen molar-refractivity contribution in [2.45, 2.75) is 17.3 Å². The maximum Gasteiger partial charge on any atom is 0.269 e. The number of hydrogen-bond donors (Lipinski definition) is 1. The van der Waals surface area contributed by atoms with Gasteiger partial charge >= 0.3 is 0 Å². The van der Waals surface area contributed by atoms with E-state index in [1.165, 1.54) is 22.5 Å². The second kappa shape index (κ2) is 7.44. The summed E-state index contributed by atoms with van der Waals surface area (Å²) in [6.07, 6.45) is 0. The van der Waals surface area contributed by atoms with E-state index in [0.717, 1.165) is 16.9 Å². The molecule has 3 rings (SSSR count). The third-order valence-corrected chi connectivity index (χ3v) is 4.96. The largest absolute Gasteiger partial charge is 0.497 e. The molecule has 0 aliphatic carbocycles. The number of methoxy groups -OCH3 is 1. The van der Waals surface area contributed by atoms with Crippen molar-refractivity contribution in [2.75, 3.05) is 13.0 Å². The van der Waals surface area contributed by atoms with Crippen LogP contribution in [0.25, 0.3) is 11.4 Å². The van der Waals surface area contributed by atoms with Gasteiger partial charge in [0.25, 0.3) is 5.69 Å². The summed E-state index contributed by atoms with van der Waals surface area (Å²) < 4.78 is 6.56. The number of thioether (sulfide) groups is 1. The highest BCUT2D eigenvalue weighted by Gasteiger charge is 2.18. The molecule has 0 fully saturated rings. The molecule has 8 nitrogen and oxygen atoms in total. The number of nitro groups is 1. The molecule has 0 aliphatic heterocycles. The minimum atomic E-state index is -0.409. The van der Waals surface area contributed by atoms with Gasteiger partial charge in [0.05, 0.1) is 12.0 Å². The summed E-state index contributed by atoms with van der Waals surface area (Å²) in [7, 11) is 1.60. The molecule has 26 heavy (non-hydrogen) atoms. The van der Waals surface area contributed by atoms with Crippen molar-refractivity contribution in [1.29, 1.82) is 0 Å². The first-order chi connectivity index (χ1) is 12.5. The van der Waals surface area contributed by atoms with E-state index in [2.05, 4.69) is 10.2 Å². The molecular weight excluding hydrogens is 354 g/mol. The summed E-state index contributed by atoms with van der Waals surface area (Å²) in [6, 6.07) is 13.9. The van der Waals surface area contributed by atoms with Gasteiger partial charge in [-0.2, -0.15) is 0 Å². The van der Waals surface area contributed by atoms with Crippen LogP contribution in [0.15, 0.2) is 53.7 Å². The highest BCUT2D eigenvalue weighted by molar-refractivity contribution is 7.99. The average Bonchev–Trinajstić information content (AvgIpc) is 3.02. The molecule has 3 aromatic rings. The maximum atomic E-state index is 10.9. The zero-order chi connectivity index (χ0) is 18.7. The third-order valence-electron chi connectivity index (χ3n) is 3.85. The van der Waals surface area contributed by atoms with Gasteiger partial charge in [-0.3, -0.25) is 10.1 Å². The summed E-state index contributed by atoms with van der Waals surface area (Å²) in [5.74, 6) is 7.41. The normalized spacial score (nSPS) is 11.9. The Morgan fingerprint density at radius 3 is 2.62 bits per heavy atom. The molecule has 1 heterocycles. The Hall–Kier alpha value is -3.07. The van der Waals surface area contributed by atoms with Crippen LogP contribution in [-0.4, -0.2) is 26.9 Å². The Morgan fingerprint density at radius 2 is 1.96 bits per heavy atom. The topological polar surface area (TPSA) is 109 Å². The van der Waals surface area contributed by atoms with Gasteiger partial charge in [0.1, 0.15) is 5.75 Å². The first-order valence-corrected chi connectivity index (χ1v) is 8.63. The Kier molecular flexibility index (Phi) is 5.08. The second-order valence-electron chi connectivity index (χ2n) is 5.52. The van der Waals surface area contributed by atoms with Gasteiger partial charge in [-0.05, 0) is 36.8 Å². The molecule has 0 aliphatic rings. The summed E-state index contributed by atoms with van der Waals surface area (Å²) in [5.41, 5.74) is 1.69. The smallest absolute Gasteiger partial charge is 0.269 e. The zero-order valence-electron chi connectivity index (χ0n) is 14.2. The summed E-state index contributed by atoms with van der Waals surface area (Å²) in [6.45, 7) is 1.94. The molecule has 0 saturated carbocycles. The van der Waals surface area contributed by atoms with E-state index < -0.39 is 4.92 Å². The van der Waals surface area contributed by atoms with Crippen molar-refractivity contribution >= 4 is 17.4 Å². The van der Waals surface area contributed by atoms with Crippen molar-refractivity contribution in [1.82, 2.24) is 14.9 Å². The molecule has 1 unspecified atom stereocenters. The number of ether oxygens (including phenoxy) is 1. The molecule has 9 heteroatoms. The first kappa shape index (κ1) is 17.7. The van der Waals surface area contributed by atoms with Gasteiger partial charge in [-0.1, -0.05) is 23.9 Å². The first-order valence-electron chi connectivity index (χ1n) is 7.75. The van der Waals surface area contributed by atoms with Crippen molar-refractivity contribution in [3.8, 4) is 17.1 Å². The molecule has 134 valence electrons. The number of rotatable bonds is 6. The van der Waals surface area contributed by atoms with Crippen LogP contribution in [-0.2, 0) is 0 Å². The van der Waals surface area contributed by atoms with Crippen LogP contribution in [0.1, 0.15) is 17.7 Å². The molecule has 2 N–H and O–H groups in total. The van der Waals surface area contributed by atoms with Crippen LogP contribution in [0.4, 0.5) is 5.69 Å². The van der Waals surface area contributed by atoms with Crippen LogP contribution >= 0.6 is 11.8 Å². The van der Waals surface area contributed by atoms with Crippen molar-refractivity contribution in [3.63, 3.8) is 0 Å². The minimum Gasteiger partial charge on any atom is -0.497 e. The summed E-state index contributed by atoms with van der Waals surface area (Å²) in [5, 5.41) is 19.7. The maximum absolute atomic E-state index is 10.9. The lowest BCUT2D eigenvalue weighted by atomic mass is 10.1. The lowest BCUT2D eigenvalue weighted by molar-refractivity contribution is -0.384. The molecule has 0 radical (unpaired) electrons. The van der Waals surface area contributed by atoms with Crippen molar-refractivity contribution in [3.05, 3.63) is 64.2 Å². The van der Waals surface area contributed by atoms with E-state index >= 15 is 0 Å². The summed E-state index contributed by atoms with van der Waals surface area (Å²) >= 11 is 1.38. The number of aromatic nitrogens is 3. The fraction of sp³-hybridized carbons (Fsp3) is 0.176. The monoisotopic (exact) mass is 371 g/mol. The standard InChI is InChI=1S/C17H17N5O3S/c1-11(13-4-3-5-14(10-13)22(23)24)26-17-20-19-16(21(17)18)12-6-8-15(25-2)9-7-12/h3-11H,18H2,1-2H3. The molecule has 0 amide bonds. The van der Waals surface area contributed by atoms with Gasteiger partial charge in [-0.25, -0.2) is 4.68 Å². The van der Waals surface area contributed by atoms with E-state index in [4.69, 9.17) is 10.6 Å². The van der Waals surface area contributed by atoms with Crippen LogP contribution < -0.4 is 10.6 Å². The molecule has 0 spiro atoms. The molecule has 0 saturated heterocycles. The lowest BCUT2D eigenvalue weighted by Gasteiger charge is -2.11. The van der Waals surface area contributed by atoms with E-state index in [9.17, 15) is 10.1 Å². The predicted molar refractivity (Wildman–Crippen MR) is 99.5 cm³/mol. The van der Waals surface area contributed by atoms with E-state index in [-0.39, 0.29) is 10.9 Å². The number of nitrogens with zero attached hydrogens (tertiary/aromatic N) is 4. The Labute approximate surface area is 154 Å².